The number of aliphatic hydroxyl groups is 2. The van der Waals surface area contributed by atoms with Gasteiger partial charge in [-0.05, 0) is 39.7 Å². The lowest BCUT2D eigenvalue weighted by Gasteiger charge is -2.21. The second kappa shape index (κ2) is 10.1. The number of amides is 1. The number of aromatic nitrogens is 2. The predicted octanol–water partition coefficient (Wildman–Crippen LogP) is 2.15. The van der Waals surface area contributed by atoms with Gasteiger partial charge in [0.2, 0.25) is 12.1 Å². The number of halogens is 2. The van der Waals surface area contributed by atoms with E-state index in [1.54, 1.807) is 0 Å². The molecule has 30 heavy (non-hydrogen) atoms. The van der Waals surface area contributed by atoms with Crippen molar-refractivity contribution < 1.29 is 28.5 Å². The van der Waals surface area contributed by atoms with Crippen molar-refractivity contribution in [1.29, 1.82) is 0 Å². The molecule has 1 aromatic heterocycles. The molecule has 0 saturated carbocycles. The van der Waals surface area contributed by atoms with Gasteiger partial charge in [0.25, 0.3) is 0 Å². The molecule has 1 aromatic rings. The second-order valence-corrected chi connectivity index (χ2v) is 7.45. The van der Waals surface area contributed by atoms with E-state index in [0.717, 1.165) is 18.2 Å². The molecule has 2 heterocycles. The Hall–Kier alpha value is -2.43. The lowest BCUT2D eigenvalue weighted by molar-refractivity contribution is -0.141. The third kappa shape index (κ3) is 5.80. The van der Waals surface area contributed by atoms with Crippen LogP contribution in [0.5, 0.6) is 0 Å². The highest BCUT2D eigenvalue weighted by Gasteiger charge is 2.59. The number of anilines is 1. The molecule has 166 valence electrons. The van der Waals surface area contributed by atoms with Crippen LogP contribution in [0, 0.1) is 0 Å². The molecule has 10 heteroatoms. The van der Waals surface area contributed by atoms with Gasteiger partial charge in [-0.3, -0.25) is 9.36 Å². The van der Waals surface area contributed by atoms with Gasteiger partial charge in [-0.1, -0.05) is 23.3 Å². The van der Waals surface area contributed by atoms with Crippen LogP contribution >= 0.6 is 0 Å². The van der Waals surface area contributed by atoms with Gasteiger partial charge in [0.1, 0.15) is 11.9 Å². The van der Waals surface area contributed by atoms with Crippen LogP contribution in [0.3, 0.4) is 0 Å². The quantitative estimate of drug-likeness (QED) is 0.548. The number of alkyl halides is 2. The average Bonchev–Trinajstić information content (AvgIpc) is 2.89. The first kappa shape index (κ1) is 23.8. The Labute approximate surface area is 172 Å². The summed E-state index contributed by atoms with van der Waals surface area (Å²) in [5, 5.41) is 21.0. The summed E-state index contributed by atoms with van der Waals surface area (Å²) in [6.45, 7) is 5.16. The summed E-state index contributed by atoms with van der Waals surface area (Å²) in [4.78, 5) is 27.8. The van der Waals surface area contributed by atoms with Gasteiger partial charge in [-0.15, -0.1) is 0 Å². The van der Waals surface area contributed by atoms with Crippen LogP contribution in [0.2, 0.25) is 0 Å². The number of carbonyl (C=O) groups is 1. The zero-order valence-corrected chi connectivity index (χ0v) is 17.1. The maximum atomic E-state index is 14.2. The Balaban J connectivity index is 1.99. The van der Waals surface area contributed by atoms with Crippen LogP contribution in [0.15, 0.2) is 40.4 Å². The number of nitrogens with zero attached hydrogens (tertiary/aromatic N) is 2. The minimum atomic E-state index is -3.79. The minimum Gasteiger partial charge on any atom is -0.394 e. The van der Waals surface area contributed by atoms with Crippen LogP contribution in [0.25, 0.3) is 0 Å². The minimum absolute atomic E-state index is 0.0768. The number of hydrogen-bond donors (Lipinski definition) is 3. The van der Waals surface area contributed by atoms with Crippen LogP contribution < -0.4 is 11.0 Å². The van der Waals surface area contributed by atoms with Crippen molar-refractivity contribution in [3.63, 3.8) is 0 Å². The van der Waals surface area contributed by atoms with Crippen LogP contribution in [-0.4, -0.2) is 50.4 Å². The third-order valence-electron chi connectivity index (χ3n) is 4.61. The first-order valence-electron chi connectivity index (χ1n) is 9.56. The van der Waals surface area contributed by atoms with Gasteiger partial charge < -0.3 is 20.3 Å². The van der Waals surface area contributed by atoms with Gasteiger partial charge >= 0.3 is 11.6 Å². The summed E-state index contributed by atoms with van der Waals surface area (Å²) >= 11 is 0. The second-order valence-electron chi connectivity index (χ2n) is 7.45. The molecule has 0 bridgehead atoms. The Morgan fingerprint density at radius 3 is 2.63 bits per heavy atom. The molecule has 0 aromatic carbocycles. The topological polar surface area (TPSA) is 114 Å². The van der Waals surface area contributed by atoms with Crippen molar-refractivity contribution in [3.05, 3.63) is 46.0 Å². The van der Waals surface area contributed by atoms with E-state index in [1.165, 1.54) is 11.6 Å². The summed E-state index contributed by atoms with van der Waals surface area (Å²) in [7, 11) is 0. The zero-order valence-electron chi connectivity index (χ0n) is 17.1. The number of carbonyl (C=O) groups excluding carboxylic acids is 1. The molecule has 8 nitrogen and oxygen atoms in total. The highest BCUT2D eigenvalue weighted by atomic mass is 19.3. The van der Waals surface area contributed by atoms with E-state index in [4.69, 9.17) is 9.84 Å². The molecule has 0 unspecified atom stereocenters. The van der Waals surface area contributed by atoms with E-state index in [9.17, 15) is 23.5 Å². The van der Waals surface area contributed by atoms with Crippen molar-refractivity contribution in [2.24, 2.45) is 0 Å². The van der Waals surface area contributed by atoms with E-state index in [0.29, 0.717) is 11.0 Å². The highest BCUT2D eigenvalue weighted by Crippen LogP contribution is 2.41. The zero-order chi connectivity index (χ0) is 22.5. The number of aliphatic hydroxyl groups excluding tert-OH is 2. The molecule has 2 rings (SSSR count). The fourth-order valence-corrected chi connectivity index (χ4v) is 2.88. The molecule has 0 aliphatic carbocycles. The Morgan fingerprint density at radius 2 is 2.07 bits per heavy atom. The lowest BCUT2D eigenvalue weighted by atomic mass is 10.1. The summed E-state index contributed by atoms with van der Waals surface area (Å²) < 4.78 is 33.8. The molecule has 1 aliphatic rings. The smallest absolute Gasteiger partial charge is 0.351 e. The van der Waals surface area contributed by atoms with Crippen LogP contribution in [0.4, 0.5) is 14.6 Å². The number of hydrogen-bond acceptors (Lipinski definition) is 6. The maximum Gasteiger partial charge on any atom is 0.351 e. The molecule has 3 atom stereocenters. The Bertz CT molecular complexity index is 877. The third-order valence-corrected chi connectivity index (χ3v) is 4.61. The molecule has 1 amide bonds. The molecule has 0 radical (unpaired) electrons. The van der Waals surface area contributed by atoms with Gasteiger partial charge in [0.05, 0.1) is 6.61 Å². The predicted molar refractivity (Wildman–Crippen MR) is 106 cm³/mol. The van der Waals surface area contributed by atoms with Crippen LogP contribution in [-0.2, 0) is 9.53 Å². The maximum absolute atomic E-state index is 14.2. The summed E-state index contributed by atoms with van der Waals surface area (Å²) in [6.07, 6.45) is 0.638. The van der Waals surface area contributed by atoms with Crippen molar-refractivity contribution in [2.75, 3.05) is 11.9 Å². The lowest BCUT2D eigenvalue weighted by Crippen LogP contribution is -2.41. The van der Waals surface area contributed by atoms with Crippen molar-refractivity contribution in [1.82, 2.24) is 9.55 Å². The van der Waals surface area contributed by atoms with Gasteiger partial charge in [0.15, 0.2) is 6.10 Å². The van der Waals surface area contributed by atoms with Crippen molar-refractivity contribution in [3.8, 4) is 0 Å². The first-order valence-corrected chi connectivity index (χ1v) is 9.56. The Morgan fingerprint density at radius 1 is 1.37 bits per heavy atom. The number of rotatable bonds is 8. The highest BCUT2D eigenvalue weighted by molar-refractivity contribution is 5.89. The van der Waals surface area contributed by atoms with E-state index < -0.39 is 36.7 Å². The van der Waals surface area contributed by atoms with Crippen molar-refractivity contribution in [2.45, 2.75) is 64.4 Å². The summed E-state index contributed by atoms with van der Waals surface area (Å²) in [6, 6.07) is 1.19. The summed E-state index contributed by atoms with van der Waals surface area (Å²) in [5.41, 5.74) is 1.26. The van der Waals surface area contributed by atoms with E-state index >= 15 is 0 Å². The number of nitrogens with one attached hydrogen (secondary N) is 1. The van der Waals surface area contributed by atoms with Crippen LogP contribution in [0.1, 0.15) is 46.3 Å². The molecule has 3 N–H and O–H groups in total. The van der Waals surface area contributed by atoms with Gasteiger partial charge in [0, 0.05) is 12.6 Å². The SMILES string of the molecule is CC(C)=CC/C(C)=C/CCC(=O)Nc1ccn([C@@H]2O[C@H](CO)[C@@H](O)C2(F)F)c(=O)n1. The molecule has 0 spiro atoms. The number of ether oxygens (including phenoxy) is 1. The molecule has 1 fully saturated rings. The van der Waals surface area contributed by atoms with E-state index in [2.05, 4.69) is 16.4 Å². The van der Waals surface area contributed by atoms with E-state index in [1.807, 2.05) is 26.8 Å². The average molecular weight is 427 g/mol. The largest absolute Gasteiger partial charge is 0.394 e. The molecule has 1 saturated heterocycles. The molecule has 1 aliphatic heterocycles. The fourth-order valence-electron chi connectivity index (χ4n) is 2.88. The molecular formula is C20H27F2N3O5. The summed E-state index contributed by atoms with van der Waals surface area (Å²) in [5.74, 6) is -4.24. The monoisotopic (exact) mass is 427 g/mol. The van der Waals surface area contributed by atoms with Gasteiger partial charge in [-0.2, -0.15) is 13.8 Å². The van der Waals surface area contributed by atoms with Gasteiger partial charge in [-0.25, -0.2) is 4.79 Å². The Kier molecular flexibility index (Phi) is 7.99. The van der Waals surface area contributed by atoms with E-state index in [-0.39, 0.29) is 18.1 Å². The first-order chi connectivity index (χ1) is 14.1. The number of allylic oxidation sites excluding steroid dienone is 4. The molecular weight excluding hydrogens is 400 g/mol. The normalized spacial score (nSPS) is 23.3. The van der Waals surface area contributed by atoms with Crippen molar-refractivity contribution >= 4 is 11.7 Å². The standard InChI is InChI=1S/C20H27F2N3O5/c1-12(2)7-8-13(3)5-4-6-16(27)23-15-9-10-25(19(29)24-15)18-20(21,22)17(28)14(11-26)30-18/h5,7,9-10,14,17-18,26,28H,4,6,8,11H2,1-3H3,(H,23,24,27,29)/b13-5+/t14-,17-,18-/m1/s1. The fraction of sp³-hybridized carbons (Fsp3) is 0.550.